The first-order chi connectivity index (χ1) is 15.5. The summed E-state index contributed by atoms with van der Waals surface area (Å²) < 4.78 is 5.98. The van der Waals surface area contributed by atoms with Gasteiger partial charge < -0.3 is 15.0 Å². The fraction of sp³-hybridized carbons (Fsp3) is 0.160. The Morgan fingerprint density at radius 1 is 1.03 bits per heavy atom. The van der Waals surface area contributed by atoms with E-state index in [2.05, 4.69) is 27.3 Å². The van der Waals surface area contributed by atoms with Crippen LogP contribution in [-0.2, 0) is 11.3 Å². The number of ether oxygens (including phenoxy) is 1. The molecule has 0 aliphatic rings. The second-order valence-corrected chi connectivity index (χ2v) is 7.99. The summed E-state index contributed by atoms with van der Waals surface area (Å²) in [6.07, 6.45) is 0. The van der Waals surface area contributed by atoms with Crippen LogP contribution in [-0.4, -0.2) is 37.0 Å². The van der Waals surface area contributed by atoms with E-state index in [4.69, 9.17) is 10.00 Å². The van der Waals surface area contributed by atoms with Gasteiger partial charge in [0.05, 0.1) is 18.2 Å². The van der Waals surface area contributed by atoms with E-state index in [1.165, 1.54) is 0 Å². The monoisotopic (exact) mass is 491 g/mol. The molecular formula is C25H22BrN3O3. The predicted molar refractivity (Wildman–Crippen MR) is 126 cm³/mol. The van der Waals surface area contributed by atoms with E-state index in [0.717, 1.165) is 10.0 Å². The maximum atomic E-state index is 13.2. The van der Waals surface area contributed by atoms with E-state index in [1.54, 1.807) is 66.6 Å². The van der Waals surface area contributed by atoms with Crippen molar-refractivity contribution >= 4 is 33.4 Å². The Hall–Kier alpha value is -3.47. The molecule has 1 N–H and O–H groups in total. The van der Waals surface area contributed by atoms with E-state index in [9.17, 15) is 9.59 Å². The Morgan fingerprint density at radius 3 is 2.44 bits per heavy atom. The SMILES string of the molecule is COCCN(Cc1ccc(C#N)cc1)C(=O)c1cccc(NC(=O)c2cccc(Br)c2)c1. The minimum atomic E-state index is -0.260. The molecule has 162 valence electrons. The number of halogens is 1. The number of nitriles is 1. The smallest absolute Gasteiger partial charge is 0.255 e. The number of hydrogen-bond acceptors (Lipinski definition) is 4. The standard InChI is InChI=1S/C25H22BrN3O3/c1-32-13-12-29(17-19-10-8-18(16-27)9-11-19)25(31)21-5-3-7-23(15-21)28-24(30)20-4-2-6-22(26)14-20/h2-11,14-15H,12-13,17H2,1H3,(H,28,30). The molecule has 3 aromatic rings. The summed E-state index contributed by atoms with van der Waals surface area (Å²) in [5, 5.41) is 11.8. The molecule has 3 aromatic carbocycles. The summed E-state index contributed by atoms with van der Waals surface area (Å²) in [7, 11) is 1.59. The van der Waals surface area contributed by atoms with Crippen LogP contribution in [0.15, 0.2) is 77.3 Å². The van der Waals surface area contributed by atoms with Crippen molar-refractivity contribution in [2.75, 3.05) is 25.6 Å². The predicted octanol–water partition coefficient (Wildman–Crippen LogP) is 4.86. The molecule has 7 heteroatoms. The lowest BCUT2D eigenvalue weighted by atomic mass is 10.1. The number of nitrogens with zero attached hydrogens (tertiary/aromatic N) is 2. The molecule has 0 unspecified atom stereocenters. The van der Waals surface area contributed by atoms with Gasteiger partial charge in [-0.25, -0.2) is 0 Å². The molecule has 2 amide bonds. The highest BCUT2D eigenvalue weighted by Gasteiger charge is 2.17. The third-order valence-electron chi connectivity index (χ3n) is 4.76. The summed E-state index contributed by atoms with van der Waals surface area (Å²) in [6, 6.07) is 23.2. The van der Waals surface area contributed by atoms with Crippen LogP contribution in [0.3, 0.4) is 0 Å². The molecular weight excluding hydrogens is 470 g/mol. The van der Waals surface area contributed by atoms with Crippen molar-refractivity contribution in [3.05, 3.63) is 99.5 Å². The van der Waals surface area contributed by atoms with Crippen molar-refractivity contribution in [2.45, 2.75) is 6.54 Å². The maximum absolute atomic E-state index is 13.2. The molecule has 0 bridgehead atoms. The van der Waals surface area contributed by atoms with Crippen molar-refractivity contribution < 1.29 is 14.3 Å². The van der Waals surface area contributed by atoms with Gasteiger partial charge in [-0.3, -0.25) is 9.59 Å². The molecule has 0 heterocycles. The minimum absolute atomic E-state index is 0.176. The third kappa shape index (κ3) is 6.27. The van der Waals surface area contributed by atoms with E-state index >= 15 is 0 Å². The first-order valence-corrected chi connectivity index (χ1v) is 10.7. The van der Waals surface area contributed by atoms with Crippen LogP contribution < -0.4 is 5.32 Å². The van der Waals surface area contributed by atoms with E-state index in [-0.39, 0.29) is 11.8 Å². The molecule has 3 rings (SSSR count). The average molecular weight is 492 g/mol. The molecule has 0 fully saturated rings. The molecule has 0 atom stereocenters. The number of carbonyl (C=O) groups is 2. The highest BCUT2D eigenvalue weighted by Crippen LogP contribution is 2.17. The largest absolute Gasteiger partial charge is 0.383 e. The Balaban J connectivity index is 1.77. The number of nitrogens with one attached hydrogen (secondary N) is 1. The van der Waals surface area contributed by atoms with Gasteiger partial charge in [0.1, 0.15) is 0 Å². The normalized spacial score (nSPS) is 10.3. The summed E-state index contributed by atoms with van der Waals surface area (Å²) in [5.41, 5.74) is 2.98. The molecule has 0 saturated carbocycles. The van der Waals surface area contributed by atoms with E-state index in [0.29, 0.717) is 42.1 Å². The first kappa shape index (κ1) is 23.2. The molecule has 6 nitrogen and oxygen atoms in total. The van der Waals surface area contributed by atoms with Crippen LogP contribution in [0.25, 0.3) is 0 Å². The van der Waals surface area contributed by atoms with Crippen LogP contribution >= 0.6 is 15.9 Å². The molecule has 0 saturated heterocycles. The Morgan fingerprint density at radius 2 is 1.75 bits per heavy atom. The number of methoxy groups -OCH3 is 1. The quantitative estimate of drug-likeness (QED) is 0.487. The summed E-state index contributed by atoms with van der Waals surface area (Å²) in [5.74, 6) is -0.435. The summed E-state index contributed by atoms with van der Waals surface area (Å²) in [6.45, 7) is 1.17. The Labute approximate surface area is 195 Å². The van der Waals surface area contributed by atoms with Crippen LogP contribution in [0, 0.1) is 11.3 Å². The Bertz CT molecular complexity index is 1140. The fourth-order valence-corrected chi connectivity index (χ4v) is 3.50. The number of hydrogen-bond donors (Lipinski definition) is 1. The van der Waals surface area contributed by atoms with Gasteiger partial charge in [0.2, 0.25) is 0 Å². The van der Waals surface area contributed by atoms with Gasteiger partial charge in [-0.05, 0) is 54.1 Å². The highest BCUT2D eigenvalue weighted by molar-refractivity contribution is 9.10. The van der Waals surface area contributed by atoms with Gasteiger partial charge in [-0.15, -0.1) is 0 Å². The van der Waals surface area contributed by atoms with E-state index < -0.39 is 0 Å². The van der Waals surface area contributed by atoms with Crippen LogP contribution in [0.4, 0.5) is 5.69 Å². The first-order valence-electron chi connectivity index (χ1n) is 9.94. The van der Waals surface area contributed by atoms with Crippen molar-refractivity contribution in [2.24, 2.45) is 0 Å². The second-order valence-electron chi connectivity index (χ2n) is 7.07. The lowest BCUT2D eigenvalue weighted by molar-refractivity contribution is 0.0680. The lowest BCUT2D eigenvalue weighted by Crippen LogP contribution is -2.33. The molecule has 0 aliphatic carbocycles. The summed E-state index contributed by atoms with van der Waals surface area (Å²) >= 11 is 3.36. The zero-order valence-corrected chi connectivity index (χ0v) is 19.1. The second kappa shape index (κ2) is 11.2. The molecule has 0 spiro atoms. The number of anilines is 1. The van der Waals surface area contributed by atoms with Gasteiger partial charge in [0.15, 0.2) is 0 Å². The Kier molecular flexibility index (Phi) is 8.14. The van der Waals surface area contributed by atoms with Crippen molar-refractivity contribution in [1.29, 1.82) is 5.26 Å². The zero-order chi connectivity index (χ0) is 22.9. The molecule has 32 heavy (non-hydrogen) atoms. The molecule has 0 aliphatic heterocycles. The topological polar surface area (TPSA) is 82.4 Å². The summed E-state index contributed by atoms with van der Waals surface area (Å²) in [4.78, 5) is 27.5. The van der Waals surface area contributed by atoms with Crippen molar-refractivity contribution in [3.63, 3.8) is 0 Å². The van der Waals surface area contributed by atoms with Gasteiger partial charge >= 0.3 is 0 Å². The van der Waals surface area contributed by atoms with Crippen molar-refractivity contribution in [1.82, 2.24) is 4.90 Å². The van der Waals surface area contributed by atoms with Crippen LogP contribution in [0.1, 0.15) is 31.8 Å². The van der Waals surface area contributed by atoms with E-state index in [1.807, 2.05) is 18.2 Å². The van der Waals surface area contributed by atoms with Gasteiger partial charge in [0.25, 0.3) is 11.8 Å². The fourth-order valence-electron chi connectivity index (χ4n) is 3.10. The van der Waals surface area contributed by atoms with Crippen LogP contribution in [0.2, 0.25) is 0 Å². The van der Waals surface area contributed by atoms with Crippen molar-refractivity contribution in [3.8, 4) is 6.07 Å². The number of benzene rings is 3. The number of rotatable bonds is 8. The van der Waals surface area contributed by atoms with Gasteiger partial charge in [-0.1, -0.05) is 40.2 Å². The number of carbonyl (C=O) groups excluding carboxylic acids is 2. The lowest BCUT2D eigenvalue weighted by Gasteiger charge is -2.23. The minimum Gasteiger partial charge on any atom is -0.383 e. The maximum Gasteiger partial charge on any atom is 0.255 e. The third-order valence-corrected chi connectivity index (χ3v) is 5.26. The zero-order valence-electron chi connectivity index (χ0n) is 17.5. The molecule has 0 aromatic heterocycles. The van der Waals surface area contributed by atoms with Crippen LogP contribution in [0.5, 0.6) is 0 Å². The van der Waals surface area contributed by atoms with Gasteiger partial charge in [0, 0.05) is 41.5 Å². The average Bonchev–Trinajstić information content (AvgIpc) is 2.82. The number of amides is 2. The van der Waals surface area contributed by atoms with Gasteiger partial charge in [-0.2, -0.15) is 5.26 Å². The highest BCUT2D eigenvalue weighted by atomic mass is 79.9. The molecule has 0 radical (unpaired) electrons.